The number of rotatable bonds is 8. The Kier molecular flexibility index (Phi) is 4.74. The number of nitrogens with zero attached hydrogens (tertiary/aromatic N) is 1. The molecule has 0 bridgehead atoms. The van der Waals surface area contributed by atoms with Crippen LogP contribution in [0.3, 0.4) is 0 Å². The Morgan fingerprint density at radius 3 is 2.81 bits per heavy atom. The molecule has 2 rings (SSSR count). The predicted octanol–water partition coefficient (Wildman–Crippen LogP) is 1.28. The van der Waals surface area contributed by atoms with Crippen LogP contribution in [-0.4, -0.2) is 29.5 Å². The molecule has 0 spiro atoms. The van der Waals surface area contributed by atoms with E-state index < -0.39 is 11.0 Å². The Labute approximate surface area is 122 Å². The van der Waals surface area contributed by atoms with Gasteiger partial charge in [-0.25, -0.2) is 0 Å². The molecule has 1 aliphatic rings. The number of nitrogens with one attached hydrogen (secondary N) is 1. The van der Waals surface area contributed by atoms with Crippen molar-refractivity contribution in [3.8, 4) is 5.75 Å². The SMILES string of the molecule is Cc1cc(OCCC(NC2CC2)C(N)=O)ccc1[N+](=O)[O-]. The zero-order valence-corrected chi connectivity index (χ0v) is 11.9. The van der Waals surface area contributed by atoms with Gasteiger partial charge in [-0.2, -0.15) is 0 Å². The Bertz CT molecular complexity index is 543. The summed E-state index contributed by atoms with van der Waals surface area (Å²) < 4.78 is 5.53. The number of nitrogens with two attached hydrogens (primary N) is 1. The molecule has 0 aromatic heterocycles. The van der Waals surface area contributed by atoms with Crippen LogP contribution in [-0.2, 0) is 4.79 Å². The van der Waals surface area contributed by atoms with Gasteiger partial charge in [0.1, 0.15) is 5.75 Å². The zero-order chi connectivity index (χ0) is 15.4. The van der Waals surface area contributed by atoms with Gasteiger partial charge in [-0.15, -0.1) is 0 Å². The summed E-state index contributed by atoms with van der Waals surface area (Å²) in [4.78, 5) is 21.6. The van der Waals surface area contributed by atoms with Gasteiger partial charge in [0.05, 0.1) is 17.6 Å². The maximum Gasteiger partial charge on any atom is 0.272 e. The second-order valence-electron chi connectivity index (χ2n) is 5.24. The molecule has 1 aliphatic carbocycles. The fourth-order valence-corrected chi connectivity index (χ4v) is 2.06. The van der Waals surface area contributed by atoms with Gasteiger partial charge >= 0.3 is 0 Å². The molecule has 1 aromatic carbocycles. The standard InChI is InChI=1S/C14H19N3O4/c1-9-8-11(4-5-13(9)17(19)20)21-7-6-12(14(15)18)16-10-2-3-10/h4-5,8,10,12,16H,2-3,6-7H2,1H3,(H2,15,18). The van der Waals surface area contributed by atoms with Crippen molar-refractivity contribution >= 4 is 11.6 Å². The monoisotopic (exact) mass is 293 g/mol. The fourth-order valence-electron chi connectivity index (χ4n) is 2.06. The second-order valence-corrected chi connectivity index (χ2v) is 5.24. The third-order valence-corrected chi connectivity index (χ3v) is 3.40. The summed E-state index contributed by atoms with van der Waals surface area (Å²) in [6.07, 6.45) is 2.63. The number of ether oxygens (including phenoxy) is 1. The molecular formula is C14H19N3O4. The van der Waals surface area contributed by atoms with E-state index in [4.69, 9.17) is 10.5 Å². The largest absolute Gasteiger partial charge is 0.494 e. The lowest BCUT2D eigenvalue weighted by Gasteiger charge is -2.15. The van der Waals surface area contributed by atoms with E-state index >= 15 is 0 Å². The molecule has 1 aromatic rings. The zero-order valence-electron chi connectivity index (χ0n) is 11.9. The van der Waals surface area contributed by atoms with Gasteiger partial charge in [0.25, 0.3) is 5.69 Å². The summed E-state index contributed by atoms with van der Waals surface area (Å²) in [5.74, 6) is 0.165. The lowest BCUT2D eigenvalue weighted by molar-refractivity contribution is -0.385. The molecular weight excluding hydrogens is 274 g/mol. The number of benzene rings is 1. The highest BCUT2D eigenvalue weighted by Gasteiger charge is 2.27. The summed E-state index contributed by atoms with van der Waals surface area (Å²) >= 11 is 0. The van der Waals surface area contributed by atoms with E-state index in [1.807, 2.05) is 0 Å². The third kappa shape index (κ3) is 4.42. The Morgan fingerprint density at radius 1 is 1.57 bits per heavy atom. The number of nitro groups is 1. The van der Waals surface area contributed by atoms with Crippen molar-refractivity contribution < 1.29 is 14.5 Å². The summed E-state index contributed by atoms with van der Waals surface area (Å²) in [5.41, 5.74) is 5.94. The highest BCUT2D eigenvalue weighted by Crippen LogP contribution is 2.23. The summed E-state index contributed by atoms with van der Waals surface area (Å²) in [7, 11) is 0. The Hall–Kier alpha value is -2.15. The highest BCUT2D eigenvalue weighted by molar-refractivity contribution is 5.79. The topological polar surface area (TPSA) is 107 Å². The number of hydrogen-bond donors (Lipinski definition) is 2. The first-order chi connectivity index (χ1) is 9.97. The molecule has 1 amide bonds. The molecule has 0 radical (unpaired) electrons. The maximum atomic E-state index is 11.3. The van der Waals surface area contributed by atoms with E-state index in [9.17, 15) is 14.9 Å². The van der Waals surface area contributed by atoms with Crippen molar-refractivity contribution in [1.82, 2.24) is 5.32 Å². The number of carbonyl (C=O) groups is 1. The molecule has 0 saturated heterocycles. The van der Waals surface area contributed by atoms with Crippen LogP contribution in [0.1, 0.15) is 24.8 Å². The first kappa shape index (κ1) is 15.2. The molecule has 1 fully saturated rings. The van der Waals surface area contributed by atoms with Crippen molar-refractivity contribution in [1.29, 1.82) is 0 Å². The predicted molar refractivity (Wildman–Crippen MR) is 77.1 cm³/mol. The molecule has 1 unspecified atom stereocenters. The van der Waals surface area contributed by atoms with Gasteiger partial charge in [-0.1, -0.05) is 0 Å². The van der Waals surface area contributed by atoms with Crippen LogP contribution in [0.25, 0.3) is 0 Å². The molecule has 1 atom stereocenters. The lowest BCUT2D eigenvalue weighted by atomic mass is 10.2. The minimum atomic E-state index is -0.429. The first-order valence-electron chi connectivity index (χ1n) is 6.90. The highest BCUT2D eigenvalue weighted by atomic mass is 16.6. The molecule has 7 nitrogen and oxygen atoms in total. The van der Waals surface area contributed by atoms with Crippen molar-refractivity contribution in [3.63, 3.8) is 0 Å². The maximum absolute atomic E-state index is 11.3. The van der Waals surface area contributed by atoms with Crippen molar-refractivity contribution in [3.05, 3.63) is 33.9 Å². The van der Waals surface area contributed by atoms with Crippen molar-refractivity contribution in [2.75, 3.05) is 6.61 Å². The number of carbonyl (C=O) groups excluding carboxylic acids is 1. The number of primary amides is 1. The van der Waals surface area contributed by atoms with Crippen LogP contribution in [0.2, 0.25) is 0 Å². The van der Waals surface area contributed by atoms with Gasteiger partial charge in [0.15, 0.2) is 0 Å². The van der Waals surface area contributed by atoms with Gasteiger partial charge < -0.3 is 15.8 Å². The number of hydrogen-bond acceptors (Lipinski definition) is 5. The first-order valence-corrected chi connectivity index (χ1v) is 6.90. The average Bonchev–Trinajstić information content (AvgIpc) is 3.21. The molecule has 0 heterocycles. The lowest BCUT2D eigenvalue weighted by Crippen LogP contribution is -2.43. The normalized spacial score (nSPS) is 15.5. The van der Waals surface area contributed by atoms with Crippen LogP contribution in [0.15, 0.2) is 18.2 Å². The van der Waals surface area contributed by atoms with E-state index in [0.717, 1.165) is 12.8 Å². The van der Waals surface area contributed by atoms with Crippen LogP contribution in [0, 0.1) is 17.0 Å². The number of aryl methyl sites for hydroxylation is 1. The number of nitro benzene ring substituents is 1. The quantitative estimate of drug-likeness (QED) is 0.554. The average molecular weight is 293 g/mol. The molecule has 1 saturated carbocycles. The summed E-state index contributed by atoms with van der Waals surface area (Å²) in [6, 6.07) is 4.59. The summed E-state index contributed by atoms with van der Waals surface area (Å²) in [5, 5.41) is 13.9. The third-order valence-electron chi connectivity index (χ3n) is 3.40. The van der Waals surface area contributed by atoms with Gasteiger partial charge in [0, 0.05) is 24.1 Å². The Morgan fingerprint density at radius 2 is 2.29 bits per heavy atom. The molecule has 7 heteroatoms. The van der Waals surface area contributed by atoms with E-state index in [0.29, 0.717) is 30.4 Å². The van der Waals surface area contributed by atoms with E-state index in [2.05, 4.69) is 5.32 Å². The van der Waals surface area contributed by atoms with E-state index in [-0.39, 0.29) is 11.6 Å². The van der Waals surface area contributed by atoms with E-state index in [1.165, 1.54) is 6.07 Å². The molecule has 114 valence electrons. The minimum Gasteiger partial charge on any atom is -0.494 e. The molecule has 21 heavy (non-hydrogen) atoms. The summed E-state index contributed by atoms with van der Waals surface area (Å²) in [6.45, 7) is 1.98. The number of amides is 1. The van der Waals surface area contributed by atoms with Gasteiger partial charge in [0.2, 0.25) is 5.91 Å². The van der Waals surface area contributed by atoms with Crippen molar-refractivity contribution in [2.24, 2.45) is 5.73 Å². The molecule has 0 aliphatic heterocycles. The van der Waals surface area contributed by atoms with Crippen LogP contribution in [0.4, 0.5) is 5.69 Å². The fraction of sp³-hybridized carbons (Fsp3) is 0.500. The van der Waals surface area contributed by atoms with Crippen LogP contribution >= 0.6 is 0 Å². The minimum absolute atomic E-state index is 0.0627. The van der Waals surface area contributed by atoms with E-state index in [1.54, 1.807) is 19.1 Å². The Balaban J connectivity index is 1.85. The van der Waals surface area contributed by atoms with Gasteiger partial charge in [-0.3, -0.25) is 14.9 Å². The van der Waals surface area contributed by atoms with Crippen LogP contribution in [0.5, 0.6) is 5.75 Å². The molecule has 3 N–H and O–H groups in total. The van der Waals surface area contributed by atoms with Crippen LogP contribution < -0.4 is 15.8 Å². The second kappa shape index (κ2) is 6.53. The van der Waals surface area contributed by atoms with Gasteiger partial charge in [-0.05, 0) is 31.9 Å². The smallest absolute Gasteiger partial charge is 0.272 e. The van der Waals surface area contributed by atoms with Crippen molar-refractivity contribution in [2.45, 2.75) is 38.3 Å².